The molecular weight excluding hydrogens is 504 g/mol. The Kier molecular flexibility index (Phi) is 6.78. The number of hydrogen-bond acceptors (Lipinski definition) is 9. The fourth-order valence-electron chi connectivity index (χ4n) is 3.64. The number of aryl methyl sites for hydroxylation is 1. The number of aromatic nitrogens is 2. The van der Waals surface area contributed by atoms with Gasteiger partial charge in [0.1, 0.15) is 11.5 Å². The van der Waals surface area contributed by atoms with Crippen LogP contribution in [-0.4, -0.2) is 59.0 Å². The standard InChI is InChI=1S/C23H22N6O7S/c1-13-24-19-8-5-16(26-20-12-21(32)28(9-10-30)23(20)34)11-18(19)22(33)29(13)27-37(35,36)17-6-3-15(4-7-17)25-14(2)31/h3-8,11-12,26-27,30H,9-10H2,1-2H3,(H,25,31). The van der Waals surface area contributed by atoms with Crippen molar-refractivity contribution < 1.29 is 27.9 Å². The average molecular weight is 527 g/mol. The zero-order valence-electron chi connectivity index (χ0n) is 19.7. The van der Waals surface area contributed by atoms with Gasteiger partial charge in [0, 0.05) is 24.4 Å². The number of β-amino-alcohol motifs (C(OH)–C–C–N with tert-alkyl or cyclic N) is 1. The van der Waals surface area contributed by atoms with Gasteiger partial charge in [0.05, 0.1) is 29.0 Å². The zero-order valence-corrected chi connectivity index (χ0v) is 20.5. The third-order valence-corrected chi connectivity index (χ3v) is 6.66. The highest BCUT2D eigenvalue weighted by Crippen LogP contribution is 2.21. The van der Waals surface area contributed by atoms with Gasteiger partial charge in [0.25, 0.3) is 27.4 Å². The van der Waals surface area contributed by atoms with Crippen molar-refractivity contribution in [3.63, 3.8) is 0 Å². The van der Waals surface area contributed by atoms with Gasteiger partial charge in [0.2, 0.25) is 5.91 Å². The van der Waals surface area contributed by atoms with Crippen LogP contribution in [-0.2, 0) is 24.4 Å². The van der Waals surface area contributed by atoms with E-state index >= 15 is 0 Å². The number of anilines is 2. The molecule has 0 fully saturated rings. The summed E-state index contributed by atoms with van der Waals surface area (Å²) in [6.07, 6.45) is 1.08. The highest BCUT2D eigenvalue weighted by atomic mass is 32.2. The lowest BCUT2D eigenvalue weighted by Crippen LogP contribution is -2.35. The van der Waals surface area contributed by atoms with Crippen LogP contribution in [0.15, 0.2) is 63.9 Å². The summed E-state index contributed by atoms with van der Waals surface area (Å²) in [7, 11) is -4.20. The van der Waals surface area contributed by atoms with Crippen molar-refractivity contribution in [3.05, 3.63) is 70.4 Å². The number of hydrogen-bond donors (Lipinski definition) is 4. The van der Waals surface area contributed by atoms with Crippen LogP contribution in [0.1, 0.15) is 12.7 Å². The molecule has 4 rings (SSSR count). The Hall–Kier alpha value is -4.56. The molecule has 2 heterocycles. The number of carbonyl (C=O) groups is 3. The van der Waals surface area contributed by atoms with Crippen molar-refractivity contribution in [2.45, 2.75) is 18.7 Å². The Bertz CT molecular complexity index is 1630. The van der Waals surface area contributed by atoms with Gasteiger partial charge in [-0.2, -0.15) is 13.1 Å². The molecule has 37 heavy (non-hydrogen) atoms. The summed E-state index contributed by atoms with van der Waals surface area (Å²) in [6.45, 7) is 2.25. The van der Waals surface area contributed by atoms with Crippen LogP contribution in [0.3, 0.4) is 0 Å². The van der Waals surface area contributed by atoms with Gasteiger partial charge in [-0.3, -0.25) is 24.1 Å². The molecule has 3 amide bonds. The van der Waals surface area contributed by atoms with Gasteiger partial charge in [-0.05, 0) is 49.4 Å². The number of sulfonamides is 1. The quantitative estimate of drug-likeness (QED) is 0.299. The normalized spacial score (nSPS) is 13.6. The molecule has 13 nitrogen and oxygen atoms in total. The topological polar surface area (TPSA) is 180 Å². The third-order valence-electron chi connectivity index (χ3n) is 5.34. The maximum Gasteiger partial charge on any atom is 0.280 e. The minimum absolute atomic E-state index is 0.0402. The Labute approximate surface area is 210 Å². The van der Waals surface area contributed by atoms with E-state index in [9.17, 15) is 27.6 Å². The average Bonchev–Trinajstić information content (AvgIpc) is 3.10. The minimum atomic E-state index is -4.20. The molecule has 3 aromatic rings. The predicted molar refractivity (Wildman–Crippen MR) is 134 cm³/mol. The van der Waals surface area contributed by atoms with Crippen molar-refractivity contribution in [1.82, 2.24) is 14.6 Å². The summed E-state index contributed by atoms with van der Waals surface area (Å²) in [6, 6.07) is 9.81. The maximum atomic E-state index is 13.2. The highest BCUT2D eigenvalue weighted by Gasteiger charge is 2.30. The summed E-state index contributed by atoms with van der Waals surface area (Å²) >= 11 is 0. The molecule has 0 bridgehead atoms. The summed E-state index contributed by atoms with van der Waals surface area (Å²) in [5.41, 5.74) is 0.226. The molecule has 2 aromatic carbocycles. The number of rotatable bonds is 8. The number of fused-ring (bicyclic) bond motifs is 1. The molecule has 0 saturated carbocycles. The minimum Gasteiger partial charge on any atom is -0.395 e. The molecule has 0 atom stereocenters. The summed E-state index contributed by atoms with van der Waals surface area (Å²) in [4.78, 5) is 56.0. The molecule has 192 valence electrons. The molecule has 0 spiro atoms. The predicted octanol–water partition coefficient (Wildman–Crippen LogP) is 0.253. The number of imide groups is 1. The Morgan fingerprint density at radius 2 is 1.73 bits per heavy atom. The fraction of sp³-hybridized carbons (Fsp3) is 0.174. The van der Waals surface area contributed by atoms with Crippen LogP contribution in [0.25, 0.3) is 10.9 Å². The zero-order chi connectivity index (χ0) is 26.9. The Balaban J connectivity index is 1.64. The van der Waals surface area contributed by atoms with Crippen LogP contribution >= 0.6 is 0 Å². The van der Waals surface area contributed by atoms with Gasteiger partial charge in [0.15, 0.2) is 0 Å². The van der Waals surface area contributed by atoms with E-state index in [-0.39, 0.29) is 52.1 Å². The Morgan fingerprint density at radius 3 is 2.38 bits per heavy atom. The first-order chi connectivity index (χ1) is 17.5. The van der Waals surface area contributed by atoms with E-state index in [1.807, 2.05) is 0 Å². The lowest BCUT2D eigenvalue weighted by molar-refractivity contribution is -0.137. The lowest BCUT2D eigenvalue weighted by atomic mass is 10.2. The van der Waals surface area contributed by atoms with E-state index in [2.05, 4.69) is 20.4 Å². The maximum absolute atomic E-state index is 13.2. The van der Waals surface area contributed by atoms with E-state index in [1.54, 1.807) is 6.07 Å². The van der Waals surface area contributed by atoms with Gasteiger partial charge >= 0.3 is 0 Å². The molecular formula is C23H22N6O7S. The van der Waals surface area contributed by atoms with Crippen molar-refractivity contribution in [2.24, 2.45) is 0 Å². The number of amides is 3. The molecule has 1 aromatic heterocycles. The van der Waals surface area contributed by atoms with Gasteiger partial charge in [-0.15, -0.1) is 0 Å². The second-order valence-corrected chi connectivity index (χ2v) is 9.69. The second-order valence-electron chi connectivity index (χ2n) is 8.03. The van der Waals surface area contributed by atoms with E-state index in [4.69, 9.17) is 5.11 Å². The summed E-state index contributed by atoms with van der Waals surface area (Å²) in [5, 5.41) is 14.4. The summed E-state index contributed by atoms with van der Waals surface area (Å²) < 4.78 is 26.6. The van der Waals surface area contributed by atoms with Gasteiger partial charge < -0.3 is 15.7 Å². The van der Waals surface area contributed by atoms with Gasteiger partial charge in [-0.25, -0.2) is 9.82 Å². The molecule has 0 unspecified atom stereocenters. The third kappa shape index (κ3) is 5.19. The molecule has 0 saturated heterocycles. The number of nitrogens with one attached hydrogen (secondary N) is 3. The molecule has 0 radical (unpaired) electrons. The number of aliphatic hydroxyl groups is 1. The fourth-order valence-corrected chi connectivity index (χ4v) is 4.70. The SMILES string of the molecule is CC(=O)Nc1ccc(S(=O)(=O)Nn2c(C)nc3ccc(NC4=CC(=O)N(CCO)C4=O)cc3c2=O)cc1. The van der Waals surface area contributed by atoms with Gasteiger partial charge in [-0.1, -0.05) is 0 Å². The largest absolute Gasteiger partial charge is 0.395 e. The van der Waals surface area contributed by atoms with E-state index in [0.29, 0.717) is 5.69 Å². The van der Waals surface area contributed by atoms with E-state index in [0.717, 1.165) is 15.7 Å². The molecule has 1 aliphatic heterocycles. The van der Waals surface area contributed by atoms with Crippen molar-refractivity contribution >= 4 is 50.0 Å². The van der Waals surface area contributed by atoms with E-state index < -0.39 is 27.4 Å². The van der Waals surface area contributed by atoms with Crippen LogP contribution in [0, 0.1) is 6.92 Å². The number of aliphatic hydroxyl groups excluding tert-OH is 1. The molecule has 1 aliphatic rings. The lowest BCUT2D eigenvalue weighted by Gasteiger charge is -2.15. The van der Waals surface area contributed by atoms with Crippen molar-refractivity contribution in [1.29, 1.82) is 0 Å². The number of nitrogens with zero attached hydrogens (tertiary/aromatic N) is 3. The molecule has 14 heteroatoms. The monoisotopic (exact) mass is 526 g/mol. The summed E-state index contributed by atoms with van der Waals surface area (Å²) in [5.74, 6) is -1.44. The number of benzene rings is 2. The first kappa shape index (κ1) is 25.5. The molecule has 0 aliphatic carbocycles. The number of carbonyl (C=O) groups excluding carboxylic acids is 3. The molecule has 4 N–H and O–H groups in total. The van der Waals surface area contributed by atoms with Crippen molar-refractivity contribution in [2.75, 3.05) is 28.6 Å². The van der Waals surface area contributed by atoms with Crippen LogP contribution < -0.4 is 21.0 Å². The second kappa shape index (κ2) is 9.83. The van der Waals surface area contributed by atoms with Crippen molar-refractivity contribution in [3.8, 4) is 0 Å². The van der Waals surface area contributed by atoms with Crippen LogP contribution in [0.2, 0.25) is 0 Å². The van der Waals surface area contributed by atoms with Crippen LogP contribution in [0.5, 0.6) is 0 Å². The first-order valence-electron chi connectivity index (χ1n) is 10.9. The smallest absolute Gasteiger partial charge is 0.280 e. The van der Waals surface area contributed by atoms with E-state index in [1.165, 1.54) is 50.2 Å². The Morgan fingerprint density at radius 1 is 1.05 bits per heavy atom. The van der Waals surface area contributed by atoms with Crippen LogP contribution in [0.4, 0.5) is 11.4 Å². The highest BCUT2D eigenvalue weighted by molar-refractivity contribution is 7.92. The first-order valence-corrected chi connectivity index (χ1v) is 12.4.